The van der Waals surface area contributed by atoms with Crippen molar-refractivity contribution in [3.63, 3.8) is 0 Å². The first-order valence-corrected chi connectivity index (χ1v) is 14.1. The number of ether oxygens (including phenoxy) is 1. The molecule has 200 valence electrons. The van der Waals surface area contributed by atoms with Gasteiger partial charge in [0, 0.05) is 49.6 Å². The summed E-state index contributed by atoms with van der Waals surface area (Å²) in [5, 5.41) is 5.14. The van der Waals surface area contributed by atoms with E-state index in [0.29, 0.717) is 43.6 Å². The number of carbonyl (C=O) groups excluding carboxylic acids is 1. The van der Waals surface area contributed by atoms with Crippen LogP contribution in [0.3, 0.4) is 0 Å². The van der Waals surface area contributed by atoms with Gasteiger partial charge in [-0.05, 0) is 49.8 Å². The zero-order valence-electron chi connectivity index (χ0n) is 22.2. The molecule has 3 aliphatic rings. The molecule has 2 heterocycles. The standard InChI is InChI=1S/C31H37FN4O2/c1-38-30-13-7-6-12-29(30)36-28-16-17-34(19-23-10-4-5-11-26(23)32)20-25(28)27(33-36)21-35(24-14-15-24)31(37)18-22-8-2-3-9-22/h4-7,10-13,22,24H,2-3,8-9,14-21H2,1H3. The molecule has 1 aliphatic heterocycles. The van der Waals surface area contributed by atoms with Crippen molar-refractivity contribution in [3.05, 3.63) is 76.9 Å². The summed E-state index contributed by atoms with van der Waals surface area (Å²) in [4.78, 5) is 17.9. The van der Waals surface area contributed by atoms with Crippen LogP contribution in [0, 0.1) is 11.7 Å². The molecule has 0 bridgehead atoms. The summed E-state index contributed by atoms with van der Waals surface area (Å²) in [6.07, 6.45) is 8.45. The van der Waals surface area contributed by atoms with Crippen molar-refractivity contribution in [2.45, 2.75) is 77.0 Å². The van der Waals surface area contributed by atoms with Crippen molar-refractivity contribution in [1.82, 2.24) is 19.6 Å². The predicted molar refractivity (Wildman–Crippen MR) is 144 cm³/mol. The minimum Gasteiger partial charge on any atom is -0.494 e. The fourth-order valence-corrected chi connectivity index (χ4v) is 6.22. The minimum absolute atomic E-state index is 0.166. The molecule has 2 saturated carbocycles. The maximum absolute atomic E-state index is 14.5. The second-order valence-corrected chi connectivity index (χ2v) is 11.1. The van der Waals surface area contributed by atoms with E-state index in [4.69, 9.17) is 9.84 Å². The van der Waals surface area contributed by atoms with Gasteiger partial charge < -0.3 is 9.64 Å². The molecule has 0 saturated heterocycles. The normalized spacial score (nSPS) is 17.9. The summed E-state index contributed by atoms with van der Waals surface area (Å²) in [5.41, 5.74) is 4.90. The number of halogens is 1. The van der Waals surface area contributed by atoms with E-state index < -0.39 is 0 Å². The molecule has 2 fully saturated rings. The lowest BCUT2D eigenvalue weighted by Gasteiger charge is -2.29. The third-order valence-corrected chi connectivity index (χ3v) is 8.45. The molecule has 0 N–H and O–H groups in total. The number of amides is 1. The smallest absolute Gasteiger partial charge is 0.223 e. The first-order chi connectivity index (χ1) is 18.6. The number of benzene rings is 2. The van der Waals surface area contributed by atoms with Crippen molar-refractivity contribution in [1.29, 1.82) is 0 Å². The lowest BCUT2D eigenvalue weighted by molar-refractivity contribution is -0.133. The number of nitrogens with zero attached hydrogens (tertiary/aromatic N) is 4. The van der Waals surface area contributed by atoms with Crippen molar-refractivity contribution < 1.29 is 13.9 Å². The van der Waals surface area contributed by atoms with Crippen LogP contribution in [0.4, 0.5) is 4.39 Å². The Bertz CT molecular complexity index is 1290. The number of fused-ring (bicyclic) bond motifs is 1. The maximum atomic E-state index is 14.5. The number of carbonyl (C=O) groups is 1. The van der Waals surface area contributed by atoms with Crippen molar-refractivity contribution in [2.24, 2.45) is 5.92 Å². The highest BCUT2D eigenvalue weighted by atomic mass is 19.1. The topological polar surface area (TPSA) is 50.6 Å². The van der Waals surface area contributed by atoms with Gasteiger partial charge in [0.15, 0.2) is 0 Å². The predicted octanol–water partition coefficient (Wildman–Crippen LogP) is 5.65. The Kier molecular flexibility index (Phi) is 7.20. The minimum atomic E-state index is -0.166. The molecule has 1 aromatic heterocycles. The van der Waals surface area contributed by atoms with E-state index >= 15 is 0 Å². The molecule has 6 nitrogen and oxygen atoms in total. The molecule has 7 heteroatoms. The molecule has 3 aromatic rings. The van der Waals surface area contributed by atoms with E-state index in [1.165, 1.54) is 31.7 Å². The van der Waals surface area contributed by atoms with Crippen LogP contribution in [0.1, 0.15) is 67.5 Å². The molecule has 38 heavy (non-hydrogen) atoms. The summed E-state index contributed by atoms with van der Waals surface area (Å²) in [6, 6.07) is 15.3. The molecule has 1 amide bonds. The maximum Gasteiger partial charge on any atom is 0.223 e. The highest BCUT2D eigenvalue weighted by molar-refractivity contribution is 5.77. The number of para-hydroxylation sites is 2. The molecule has 2 aliphatic carbocycles. The Morgan fingerprint density at radius 3 is 2.61 bits per heavy atom. The first kappa shape index (κ1) is 25.1. The third kappa shape index (κ3) is 5.21. The van der Waals surface area contributed by atoms with E-state index in [-0.39, 0.29) is 11.7 Å². The van der Waals surface area contributed by atoms with Crippen LogP contribution < -0.4 is 4.74 Å². The van der Waals surface area contributed by atoms with Gasteiger partial charge in [0.05, 0.1) is 25.0 Å². The van der Waals surface area contributed by atoms with Gasteiger partial charge in [-0.1, -0.05) is 43.2 Å². The second kappa shape index (κ2) is 10.9. The second-order valence-electron chi connectivity index (χ2n) is 11.1. The third-order valence-electron chi connectivity index (χ3n) is 8.45. The van der Waals surface area contributed by atoms with Gasteiger partial charge in [0.2, 0.25) is 5.91 Å². The van der Waals surface area contributed by atoms with E-state index in [0.717, 1.165) is 54.2 Å². The molecule has 0 atom stereocenters. The number of methoxy groups -OCH3 is 1. The molecular weight excluding hydrogens is 479 g/mol. The van der Waals surface area contributed by atoms with Gasteiger partial charge >= 0.3 is 0 Å². The molecule has 2 aromatic carbocycles. The zero-order chi connectivity index (χ0) is 26.1. The lowest BCUT2D eigenvalue weighted by Crippen LogP contribution is -2.35. The Morgan fingerprint density at radius 2 is 1.84 bits per heavy atom. The van der Waals surface area contributed by atoms with E-state index in [1.54, 1.807) is 13.2 Å². The summed E-state index contributed by atoms with van der Waals surface area (Å²) >= 11 is 0. The van der Waals surface area contributed by atoms with Crippen LogP contribution in [0.15, 0.2) is 48.5 Å². The van der Waals surface area contributed by atoms with Crippen LogP contribution in [0.5, 0.6) is 5.75 Å². The Labute approximate surface area is 224 Å². The summed E-state index contributed by atoms with van der Waals surface area (Å²) in [6.45, 7) is 2.59. The van der Waals surface area contributed by atoms with Gasteiger partial charge in [-0.25, -0.2) is 9.07 Å². The highest BCUT2D eigenvalue weighted by Crippen LogP contribution is 2.35. The Balaban J connectivity index is 1.32. The van der Waals surface area contributed by atoms with Crippen molar-refractivity contribution in [2.75, 3.05) is 13.7 Å². The van der Waals surface area contributed by atoms with Crippen LogP contribution in [0.2, 0.25) is 0 Å². The van der Waals surface area contributed by atoms with Crippen LogP contribution in [-0.2, 0) is 30.8 Å². The Morgan fingerprint density at radius 1 is 1.08 bits per heavy atom. The number of rotatable bonds is 9. The fraction of sp³-hybridized carbons (Fsp3) is 0.484. The number of aromatic nitrogens is 2. The average molecular weight is 517 g/mol. The SMILES string of the molecule is COc1ccccc1-n1nc(CN(C(=O)CC2CCCC2)C2CC2)c2c1CCN(Cc1ccccc1F)C2. The number of hydrogen-bond acceptors (Lipinski definition) is 4. The van der Waals surface area contributed by atoms with Crippen LogP contribution >= 0.6 is 0 Å². The highest BCUT2D eigenvalue weighted by Gasteiger charge is 2.36. The fourth-order valence-electron chi connectivity index (χ4n) is 6.22. The largest absolute Gasteiger partial charge is 0.494 e. The monoisotopic (exact) mass is 516 g/mol. The van der Waals surface area contributed by atoms with Crippen molar-refractivity contribution >= 4 is 5.91 Å². The van der Waals surface area contributed by atoms with Crippen LogP contribution in [0.25, 0.3) is 5.69 Å². The summed E-state index contributed by atoms with van der Waals surface area (Å²) in [5.74, 6) is 1.41. The van der Waals surface area contributed by atoms with E-state index in [2.05, 4.69) is 9.80 Å². The van der Waals surface area contributed by atoms with Gasteiger partial charge in [0.1, 0.15) is 17.3 Å². The Hall–Kier alpha value is -3.19. The molecular formula is C31H37FN4O2. The lowest BCUT2D eigenvalue weighted by atomic mass is 10.0. The van der Waals surface area contributed by atoms with Gasteiger partial charge in [-0.15, -0.1) is 0 Å². The summed E-state index contributed by atoms with van der Waals surface area (Å²) in [7, 11) is 1.68. The van der Waals surface area contributed by atoms with Gasteiger partial charge in [-0.3, -0.25) is 9.69 Å². The number of hydrogen-bond donors (Lipinski definition) is 0. The molecule has 0 unspecified atom stereocenters. The quantitative estimate of drug-likeness (QED) is 0.369. The van der Waals surface area contributed by atoms with E-state index in [1.807, 2.05) is 41.1 Å². The van der Waals surface area contributed by atoms with Gasteiger partial charge in [-0.2, -0.15) is 5.10 Å². The van der Waals surface area contributed by atoms with Gasteiger partial charge in [0.25, 0.3) is 0 Å². The first-order valence-electron chi connectivity index (χ1n) is 14.1. The molecule has 0 spiro atoms. The zero-order valence-corrected chi connectivity index (χ0v) is 22.2. The molecule has 6 rings (SSSR count). The average Bonchev–Trinajstić information content (AvgIpc) is 3.53. The van der Waals surface area contributed by atoms with E-state index in [9.17, 15) is 9.18 Å². The van der Waals surface area contributed by atoms with Crippen LogP contribution in [-0.4, -0.2) is 45.2 Å². The summed E-state index contributed by atoms with van der Waals surface area (Å²) < 4.78 is 22.2. The van der Waals surface area contributed by atoms with Crippen molar-refractivity contribution in [3.8, 4) is 11.4 Å². The molecule has 0 radical (unpaired) electrons.